The summed E-state index contributed by atoms with van der Waals surface area (Å²) in [5.74, 6) is -0.891. The van der Waals surface area contributed by atoms with Crippen molar-refractivity contribution in [1.82, 2.24) is 4.90 Å². The maximum atomic E-state index is 11.2. The van der Waals surface area contributed by atoms with Gasteiger partial charge in [-0.05, 0) is 26.3 Å². The summed E-state index contributed by atoms with van der Waals surface area (Å²) in [5.41, 5.74) is 0. The van der Waals surface area contributed by atoms with Gasteiger partial charge in [-0.2, -0.15) is 0 Å². The second-order valence-corrected chi connectivity index (χ2v) is 4.22. The first-order valence-corrected chi connectivity index (χ1v) is 5.81. The van der Waals surface area contributed by atoms with Gasteiger partial charge in [-0.1, -0.05) is 0 Å². The molecule has 1 N–H and O–H groups in total. The van der Waals surface area contributed by atoms with Gasteiger partial charge in [0.1, 0.15) is 6.10 Å². The number of ether oxygens (including phenoxy) is 2. The maximum absolute atomic E-state index is 11.2. The highest BCUT2D eigenvalue weighted by molar-refractivity contribution is 5.66. The molecule has 1 saturated heterocycles. The van der Waals surface area contributed by atoms with Crippen LogP contribution >= 0.6 is 0 Å². The third-order valence-electron chi connectivity index (χ3n) is 2.68. The Balaban J connectivity index is 2.06. The van der Waals surface area contributed by atoms with Crippen molar-refractivity contribution in [2.45, 2.75) is 31.8 Å². The zero-order valence-corrected chi connectivity index (χ0v) is 10.1. The van der Waals surface area contributed by atoms with E-state index in [0.29, 0.717) is 6.42 Å². The van der Waals surface area contributed by atoms with Crippen molar-refractivity contribution in [2.24, 2.45) is 0 Å². The van der Waals surface area contributed by atoms with Crippen molar-refractivity contribution in [1.29, 1.82) is 0 Å². The zero-order valence-electron chi connectivity index (χ0n) is 10.1. The van der Waals surface area contributed by atoms with Gasteiger partial charge in [-0.3, -0.25) is 4.79 Å². The Morgan fingerprint density at radius 2 is 2.00 bits per heavy atom. The SMILES string of the molecule is CN1CCC(OC(=O)OCCCC(=O)O)CC1. The molecule has 0 unspecified atom stereocenters. The first-order valence-electron chi connectivity index (χ1n) is 5.81. The van der Waals surface area contributed by atoms with Gasteiger partial charge in [-0.25, -0.2) is 4.79 Å². The predicted molar refractivity (Wildman–Crippen MR) is 59.8 cm³/mol. The van der Waals surface area contributed by atoms with Gasteiger partial charge in [0.05, 0.1) is 6.61 Å². The third-order valence-corrected chi connectivity index (χ3v) is 2.68. The van der Waals surface area contributed by atoms with Crippen molar-refractivity contribution in [3.05, 3.63) is 0 Å². The minimum atomic E-state index is -0.891. The van der Waals surface area contributed by atoms with Crippen molar-refractivity contribution in [3.8, 4) is 0 Å². The van der Waals surface area contributed by atoms with Crippen molar-refractivity contribution >= 4 is 12.1 Å². The van der Waals surface area contributed by atoms with E-state index in [0.717, 1.165) is 25.9 Å². The molecule has 6 heteroatoms. The van der Waals surface area contributed by atoms with Crippen LogP contribution in [-0.4, -0.2) is 55.0 Å². The molecular weight excluding hydrogens is 226 g/mol. The Labute approximate surface area is 100 Å². The molecule has 1 aliphatic heterocycles. The van der Waals surface area contributed by atoms with Gasteiger partial charge >= 0.3 is 12.1 Å². The van der Waals surface area contributed by atoms with Gasteiger partial charge in [-0.15, -0.1) is 0 Å². The average Bonchev–Trinajstić information content (AvgIpc) is 2.27. The molecule has 0 aromatic heterocycles. The second kappa shape index (κ2) is 7.11. The molecule has 6 nitrogen and oxygen atoms in total. The van der Waals surface area contributed by atoms with E-state index in [4.69, 9.17) is 14.6 Å². The highest BCUT2D eigenvalue weighted by atomic mass is 16.7. The summed E-state index contributed by atoms with van der Waals surface area (Å²) in [6.45, 7) is 1.92. The number of carboxylic acids is 1. The quantitative estimate of drug-likeness (QED) is 0.577. The Kier molecular flexibility index (Phi) is 5.76. The van der Waals surface area contributed by atoms with Gasteiger partial charge < -0.3 is 19.5 Å². The van der Waals surface area contributed by atoms with Gasteiger partial charge in [0.25, 0.3) is 0 Å². The minimum Gasteiger partial charge on any atom is -0.481 e. The van der Waals surface area contributed by atoms with Crippen LogP contribution in [0, 0.1) is 0 Å². The van der Waals surface area contributed by atoms with Crippen LogP contribution in [0.4, 0.5) is 4.79 Å². The molecule has 0 bridgehead atoms. The van der Waals surface area contributed by atoms with E-state index in [1.807, 2.05) is 7.05 Å². The summed E-state index contributed by atoms with van der Waals surface area (Å²) in [6, 6.07) is 0. The third kappa shape index (κ3) is 6.11. The van der Waals surface area contributed by atoms with Crippen LogP contribution < -0.4 is 0 Å². The summed E-state index contributed by atoms with van der Waals surface area (Å²) >= 11 is 0. The number of carbonyl (C=O) groups excluding carboxylic acids is 1. The van der Waals surface area contributed by atoms with E-state index < -0.39 is 12.1 Å². The number of carboxylic acid groups (broad SMARTS) is 1. The largest absolute Gasteiger partial charge is 0.508 e. The van der Waals surface area contributed by atoms with Crippen LogP contribution in [0.25, 0.3) is 0 Å². The fraction of sp³-hybridized carbons (Fsp3) is 0.818. The van der Waals surface area contributed by atoms with Crippen LogP contribution in [0.15, 0.2) is 0 Å². The van der Waals surface area contributed by atoms with E-state index in [-0.39, 0.29) is 19.1 Å². The topological polar surface area (TPSA) is 76.1 Å². The van der Waals surface area contributed by atoms with Gasteiger partial charge in [0, 0.05) is 19.5 Å². The molecule has 0 aliphatic carbocycles. The number of rotatable bonds is 5. The lowest BCUT2D eigenvalue weighted by atomic mass is 10.1. The molecule has 0 aromatic carbocycles. The van der Waals surface area contributed by atoms with Crippen LogP contribution in [0.1, 0.15) is 25.7 Å². The van der Waals surface area contributed by atoms with Crippen molar-refractivity contribution in [2.75, 3.05) is 26.7 Å². The number of nitrogens with zero attached hydrogens (tertiary/aromatic N) is 1. The average molecular weight is 245 g/mol. The summed E-state index contributed by atoms with van der Waals surface area (Å²) < 4.78 is 9.90. The number of piperidine rings is 1. The van der Waals surface area contributed by atoms with E-state index in [9.17, 15) is 9.59 Å². The zero-order chi connectivity index (χ0) is 12.7. The van der Waals surface area contributed by atoms with E-state index in [1.54, 1.807) is 0 Å². The van der Waals surface area contributed by atoms with E-state index in [1.165, 1.54) is 0 Å². The molecule has 1 rings (SSSR count). The molecule has 17 heavy (non-hydrogen) atoms. The number of aliphatic carboxylic acids is 1. The molecule has 0 saturated carbocycles. The first kappa shape index (κ1) is 13.8. The Hall–Kier alpha value is -1.30. The molecule has 0 spiro atoms. The lowest BCUT2D eigenvalue weighted by molar-refractivity contribution is -0.137. The predicted octanol–water partition coefficient (Wildman–Crippen LogP) is 1.10. The smallest absolute Gasteiger partial charge is 0.481 e. The molecule has 98 valence electrons. The van der Waals surface area contributed by atoms with Gasteiger partial charge in [0.15, 0.2) is 0 Å². The molecule has 1 fully saturated rings. The number of likely N-dealkylation sites (tertiary alicyclic amines) is 1. The standard InChI is InChI=1S/C11H19NO5/c1-12-6-4-9(5-7-12)17-11(15)16-8-2-3-10(13)14/h9H,2-8H2,1H3,(H,13,14). The number of hydrogen-bond donors (Lipinski definition) is 1. The second-order valence-electron chi connectivity index (χ2n) is 4.22. The Bertz CT molecular complexity index is 261. The summed E-state index contributed by atoms with van der Waals surface area (Å²) in [4.78, 5) is 23.6. The maximum Gasteiger partial charge on any atom is 0.508 e. The van der Waals surface area contributed by atoms with E-state index in [2.05, 4.69) is 4.90 Å². The van der Waals surface area contributed by atoms with Crippen LogP contribution in [0.5, 0.6) is 0 Å². The lowest BCUT2D eigenvalue weighted by Crippen LogP contribution is -2.35. The molecule has 1 aliphatic rings. The highest BCUT2D eigenvalue weighted by Crippen LogP contribution is 2.12. The molecule has 0 radical (unpaired) electrons. The fourth-order valence-electron chi connectivity index (χ4n) is 1.65. The fourth-order valence-corrected chi connectivity index (χ4v) is 1.65. The molecule has 1 heterocycles. The van der Waals surface area contributed by atoms with Crippen LogP contribution in [0.2, 0.25) is 0 Å². The number of carbonyl (C=O) groups is 2. The van der Waals surface area contributed by atoms with Gasteiger partial charge in [0.2, 0.25) is 0 Å². The highest BCUT2D eigenvalue weighted by Gasteiger charge is 2.20. The molecular formula is C11H19NO5. The minimum absolute atomic E-state index is 0.00149. The van der Waals surface area contributed by atoms with E-state index >= 15 is 0 Å². The normalized spacial score (nSPS) is 17.7. The Morgan fingerprint density at radius 1 is 1.35 bits per heavy atom. The van der Waals surface area contributed by atoms with Crippen molar-refractivity contribution in [3.63, 3.8) is 0 Å². The Morgan fingerprint density at radius 3 is 2.59 bits per heavy atom. The summed E-state index contributed by atoms with van der Waals surface area (Å²) in [5, 5.41) is 8.39. The van der Waals surface area contributed by atoms with Crippen molar-refractivity contribution < 1.29 is 24.2 Å². The lowest BCUT2D eigenvalue weighted by Gasteiger charge is -2.28. The van der Waals surface area contributed by atoms with Crippen LogP contribution in [0.3, 0.4) is 0 Å². The first-order chi connectivity index (χ1) is 8.08. The molecule has 0 atom stereocenters. The summed E-state index contributed by atoms with van der Waals surface area (Å²) in [7, 11) is 2.03. The molecule has 0 amide bonds. The summed E-state index contributed by atoms with van der Waals surface area (Å²) in [6.07, 6.45) is 1.20. The monoisotopic (exact) mass is 245 g/mol. The molecule has 0 aromatic rings. The number of hydrogen-bond acceptors (Lipinski definition) is 5. The van der Waals surface area contributed by atoms with Crippen LogP contribution in [-0.2, 0) is 14.3 Å².